The van der Waals surface area contributed by atoms with Crippen LogP contribution in [0.5, 0.6) is 11.5 Å². The predicted molar refractivity (Wildman–Crippen MR) is 88.0 cm³/mol. The van der Waals surface area contributed by atoms with Crippen LogP contribution in [0.2, 0.25) is 0 Å². The highest BCUT2D eigenvalue weighted by molar-refractivity contribution is 5.52. The molecule has 2 nitrogen and oxygen atoms in total. The summed E-state index contributed by atoms with van der Waals surface area (Å²) in [6, 6.07) is 12.0. The van der Waals surface area contributed by atoms with E-state index in [0.717, 1.165) is 24.3 Å². The van der Waals surface area contributed by atoms with E-state index in [0.29, 0.717) is 5.56 Å². The fourth-order valence-electron chi connectivity index (χ4n) is 2.98. The van der Waals surface area contributed by atoms with Gasteiger partial charge in [0.25, 0.3) is 0 Å². The number of rotatable bonds is 3. The minimum Gasteiger partial charge on any atom is -0.503 e. The largest absolute Gasteiger partial charge is 0.503 e. The number of benzene rings is 3. The zero-order valence-corrected chi connectivity index (χ0v) is 13.6. The molecule has 0 aliphatic rings. The molecule has 26 heavy (non-hydrogen) atoms. The first kappa shape index (κ1) is 17.8. The molecule has 0 saturated carbocycles. The van der Waals surface area contributed by atoms with Crippen LogP contribution in [0.15, 0.2) is 54.6 Å². The fraction of sp³-hybridized carbons (Fsp3) is 0.100. The molecule has 0 bridgehead atoms. The molecule has 3 rings (SSSR count). The highest BCUT2D eigenvalue weighted by Gasteiger charge is 2.34. The van der Waals surface area contributed by atoms with E-state index >= 15 is 0 Å². The maximum atomic E-state index is 13.9. The smallest absolute Gasteiger partial charge is 0.187 e. The van der Waals surface area contributed by atoms with Crippen LogP contribution in [-0.4, -0.2) is 10.2 Å². The molecule has 3 aromatic carbocycles. The minimum absolute atomic E-state index is 0.0426. The lowest BCUT2D eigenvalue weighted by Crippen LogP contribution is -2.26. The van der Waals surface area contributed by atoms with Crippen LogP contribution in [0, 0.1) is 23.3 Å². The quantitative estimate of drug-likeness (QED) is 0.508. The summed E-state index contributed by atoms with van der Waals surface area (Å²) in [5, 5.41) is 18.7. The summed E-state index contributed by atoms with van der Waals surface area (Å²) in [6.07, 6.45) is 0. The average molecular weight is 362 g/mol. The number of hydrogen-bond acceptors (Lipinski definition) is 2. The Balaban J connectivity index is 2.35. The lowest BCUT2D eigenvalue weighted by atomic mass is 9.71. The zero-order chi connectivity index (χ0) is 19.1. The van der Waals surface area contributed by atoms with Crippen molar-refractivity contribution in [3.8, 4) is 11.5 Å². The van der Waals surface area contributed by atoms with Crippen molar-refractivity contribution in [1.82, 2.24) is 0 Å². The summed E-state index contributed by atoms with van der Waals surface area (Å²) in [5.74, 6) is -7.04. The minimum atomic E-state index is -1.36. The summed E-state index contributed by atoms with van der Waals surface area (Å²) in [4.78, 5) is 0. The van der Waals surface area contributed by atoms with Gasteiger partial charge in [-0.15, -0.1) is 0 Å². The fourth-order valence-corrected chi connectivity index (χ4v) is 2.98. The lowest BCUT2D eigenvalue weighted by Gasteiger charge is -2.32. The van der Waals surface area contributed by atoms with E-state index in [1.165, 1.54) is 0 Å². The first-order valence-electron chi connectivity index (χ1n) is 7.67. The highest BCUT2D eigenvalue weighted by atomic mass is 19.1. The predicted octanol–water partition coefficient (Wildman–Crippen LogP) is 5.01. The molecule has 0 aromatic heterocycles. The monoisotopic (exact) mass is 362 g/mol. The SMILES string of the molecule is CC(c1ccccc1)(c1cc(F)c(O)c(F)c1)c1cc(F)c(O)c(F)c1. The topological polar surface area (TPSA) is 40.5 Å². The van der Waals surface area contributed by atoms with Crippen molar-refractivity contribution >= 4 is 0 Å². The molecule has 0 amide bonds. The lowest BCUT2D eigenvalue weighted by molar-refractivity contribution is 0.391. The number of halogens is 4. The van der Waals surface area contributed by atoms with Crippen LogP contribution in [0.4, 0.5) is 17.6 Å². The number of phenols is 2. The van der Waals surface area contributed by atoms with Crippen LogP contribution in [0.25, 0.3) is 0 Å². The zero-order valence-electron chi connectivity index (χ0n) is 13.6. The van der Waals surface area contributed by atoms with Crippen molar-refractivity contribution in [3.63, 3.8) is 0 Å². The Bertz CT molecular complexity index is 867. The summed E-state index contributed by atoms with van der Waals surface area (Å²) in [5.41, 5.74) is -0.762. The van der Waals surface area contributed by atoms with Crippen molar-refractivity contribution in [2.24, 2.45) is 0 Å². The van der Waals surface area contributed by atoms with Gasteiger partial charge in [0.15, 0.2) is 34.8 Å². The van der Waals surface area contributed by atoms with E-state index in [1.54, 1.807) is 37.3 Å². The maximum absolute atomic E-state index is 13.9. The van der Waals surface area contributed by atoms with Crippen molar-refractivity contribution in [2.75, 3.05) is 0 Å². The first-order valence-corrected chi connectivity index (χ1v) is 7.67. The molecule has 0 radical (unpaired) electrons. The van der Waals surface area contributed by atoms with Gasteiger partial charge in [-0.05, 0) is 47.9 Å². The molecule has 6 heteroatoms. The maximum Gasteiger partial charge on any atom is 0.187 e. The van der Waals surface area contributed by atoms with Gasteiger partial charge in [-0.1, -0.05) is 30.3 Å². The highest BCUT2D eigenvalue weighted by Crippen LogP contribution is 2.42. The third kappa shape index (κ3) is 2.77. The van der Waals surface area contributed by atoms with Crippen LogP contribution in [0.3, 0.4) is 0 Å². The van der Waals surface area contributed by atoms with Gasteiger partial charge in [0.2, 0.25) is 0 Å². The first-order chi connectivity index (χ1) is 12.2. The third-order valence-corrected chi connectivity index (χ3v) is 4.54. The van der Waals surface area contributed by atoms with Gasteiger partial charge in [0.05, 0.1) is 0 Å². The van der Waals surface area contributed by atoms with Gasteiger partial charge >= 0.3 is 0 Å². The number of phenolic OH excluding ortho intramolecular Hbond substituents is 2. The summed E-state index contributed by atoms with van der Waals surface area (Å²) < 4.78 is 55.8. The summed E-state index contributed by atoms with van der Waals surface area (Å²) >= 11 is 0. The Morgan fingerprint density at radius 3 is 1.31 bits per heavy atom. The van der Waals surface area contributed by atoms with E-state index in [4.69, 9.17) is 0 Å². The molecule has 0 fully saturated rings. The van der Waals surface area contributed by atoms with E-state index in [-0.39, 0.29) is 11.1 Å². The van der Waals surface area contributed by atoms with E-state index in [9.17, 15) is 27.8 Å². The van der Waals surface area contributed by atoms with Gasteiger partial charge in [0, 0.05) is 5.41 Å². The molecular formula is C20H14F4O2. The molecule has 3 aromatic rings. The Labute approximate surface area is 147 Å². The molecule has 0 saturated heterocycles. The van der Waals surface area contributed by atoms with E-state index < -0.39 is 40.2 Å². The average Bonchev–Trinajstić information content (AvgIpc) is 2.63. The molecule has 0 unspecified atom stereocenters. The Morgan fingerprint density at radius 1 is 0.615 bits per heavy atom. The van der Waals surface area contributed by atoms with Crippen LogP contribution < -0.4 is 0 Å². The molecule has 0 atom stereocenters. The molecule has 2 N–H and O–H groups in total. The molecule has 0 aliphatic heterocycles. The van der Waals surface area contributed by atoms with E-state index in [2.05, 4.69) is 0 Å². The van der Waals surface area contributed by atoms with Gasteiger partial charge < -0.3 is 10.2 Å². The summed E-state index contributed by atoms with van der Waals surface area (Å²) in [7, 11) is 0. The normalized spacial score (nSPS) is 11.6. The molecule has 0 aliphatic carbocycles. The number of aromatic hydroxyl groups is 2. The van der Waals surface area contributed by atoms with Crippen molar-refractivity contribution < 1.29 is 27.8 Å². The van der Waals surface area contributed by atoms with Crippen LogP contribution >= 0.6 is 0 Å². The van der Waals surface area contributed by atoms with Gasteiger partial charge in [-0.2, -0.15) is 0 Å². The van der Waals surface area contributed by atoms with Crippen molar-refractivity contribution in [2.45, 2.75) is 12.3 Å². The third-order valence-electron chi connectivity index (χ3n) is 4.54. The second kappa shape index (κ2) is 6.37. The Hall–Kier alpha value is -3.02. The van der Waals surface area contributed by atoms with E-state index in [1.807, 2.05) is 0 Å². The molecular weight excluding hydrogens is 348 g/mol. The Morgan fingerprint density at radius 2 is 0.962 bits per heavy atom. The van der Waals surface area contributed by atoms with Crippen molar-refractivity contribution in [1.29, 1.82) is 0 Å². The second-order valence-corrected chi connectivity index (χ2v) is 6.07. The Kier molecular flexibility index (Phi) is 4.36. The van der Waals surface area contributed by atoms with Crippen LogP contribution in [0.1, 0.15) is 23.6 Å². The second-order valence-electron chi connectivity index (χ2n) is 6.07. The van der Waals surface area contributed by atoms with Gasteiger partial charge in [-0.3, -0.25) is 0 Å². The van der Waals surface area contributed by atoms with Crippen molar-refractivity contribution in [3.05, 3.63) is 94.6 Å². The number of hydrogen-bond donors (Lipinski definition) is 2. The standard InChI is InChI=1S/C20H14F4O2/c1-20(11-5-3-2-4-6-11,12-7-14(21)18(25)15(22)8-12)13-9-16(23)19(26)17(24)10-13/h2-10,25-26H,1H3. The molecule has 0 spiro atoms. The van der Waals surface area contributed by atoms with Gasteiger partial charge in [-0.25, -0.2) is 17.6 Å². The van der Waals surface area contributed by atoms with Crippen LogP contribution in [-0.2, 0) is 5.41 Å². The molecule has 0 heterocycles. The van der Waals surface area contributed by atoms with Gasteiger partial charge in [0.1, 0.15) is 0 Å². The summed E-state index contributed by atoms with van der Waals surface area (Å²) in [6.45, 7) is 1.54. The molecule has 134 valence electrons.